The summed E-state index contributed by atoms with van der Waals surface area (Å²) in [7, 11) is 3.48. The Labute approximate surface area is 281 Å². The quantitative estimate of drug-likeness (QED) is 0.190. The van der Waals surface area contributed by atoms with Gasteiger partial charge >= 0.3 is 12.2 Å². The summed E-state index contributed by atoms with van der Waals surface area (Å²) >= 11 is 0. The van der Waals surface area contributed by atoms with Crippen LogP contribution in [0.5, 0.6) is 5.75 Å². The summed E-state index contributed by atoms with van der Waals surface area (Å²) in [5, 5.41) is 6.45. The van der Waals surface area contributed by atoms with Crippen LogP contribution in [0.4, 0.5) is 15.4 Å². The van der Waals surface area contributed by atoms with Crippen molar-refractivity contribution in [2.24, 2.45) is 7.05 Å². The van der Waals surface area contributed by atoms with Crippen molar-refractivity contribution in [1.29, 1.82) is 0 Å². The Morgan fingerprint density at radius 1 is 0.938 bits per heavy atom. The number of fused-ring (bicyclic) bond motifs is 3. The number of alkyl carbamates (subject to hydrolysis) is 1. The molecule has 0 saturated carbocycles. The van der Waals surface area contributed by atoms with Crippen LogP contribution < -0.4 is 20.9 Å². The molecular weight excluding hydrogens is 614 g/mol. The zero-order valence-electron chi connectivity index (χ0n) is 29.4. The summed E-state index contributed by atoms with van der Waals surface area (Å²) in [6.07, 6.45) is 4.45. The van der Waals surface area contributed by atoms with Gasteiger partial charge in [0, 0.05) is 49.9 Å². The van der Waals surface area contributed by atoms with Gasteiger partial charge in [0.2, 0.25) is 0 Å². The van der Waals surface area contributed by atoms with E-state index in [0.717, 1.165) is 29.4 Å². The number of methoxy groups -OCH3 is 1. The maximum Gasteiger partial charge on any atom is 0.413 e. The van der Waals surface area contributed by atoms with Crippen LogP contribution in [0.2, 0.25) is 0 Å². The molecule has 3 aromatic heterocycles. The van der Waals surface area contributed by atoms with E-state index in [0.29, 0.717) is 61.6 Å². The topological polar surface area (TPSA) is 142 Å². The van der Waals surface area contributed by atoms with Crippen molar-refractivity contribution in [3.05, 3.63) is 58.8 Å². The fourth-order valence-electron chi connectivity index (χ4n) is 5.47. The first-order chi connectivity index (χ1) is 22.6. The second kappa shape index (κ2) is 15.5. The number of ether oxygens (including phenoxy) is 3. The van der Waals surface area contributed by atoms with Crippen LogP contribution in [-0.4, -0.2) is 80.7 Å². The van der Waals surface area contributed by atoms with E-state index in [-0.39, 0.29) is 5.56 Å². The van der Waals surface area contributed by atoms with E-state index < -0.39 is 23.4 Å². The Balaban J connectivity index is 1.39. The molecule has 13 nitrogen and oxygen atoms in total. The number of anilines is 1. The van der Waals surface area contributed by atoms with Gasteiger partial charge in [0.25, 0.3) is 5.56 Å². The molecule has 0 fully saturated rings. The molecule has 0 bridgehead atoms. The van der Waals surface area contributed by atoms with E-state index >= 15 is 0 Å². The summed E-state index contributed by atoms with van der Waals surface area (Å²) in [5.41, 5.74) is 1.90. The number of hydrogen-bond donors (Lipinski definition) is 2. The minimum atomic E-state index is -0.625. The molecule has 0 radical (unpaired) electrons. The van der Waals surface area contributed by atoms with Crippen LogP contribution in [-0.2, 0) is 29.5 Å². The van der Waals surface area contributed by atoms with Crippen molar-refractivity contribution in [3.8, 4) is 5.75 Å². The van der Waals surface area contributed by atoms with Crippen molar-refractivity contribution in [1.82, 2.24) is 29.3 Å². The molecule has 4 aromatic rings. The Kier molecular flexibility index (Phi) is 11.7. The Bertz CT molecular complexity index is 1780. The van der Waals surface area contributed by atoms with Gasteiger partial charge in [0.05, 0.1) is 19.0 Å². The van der Waals surface area contributed by atoms with Gasteiger partial charge in [-0.2, -0.15) is 0 Å². The third kappa shape index (κ3) is 9.93. The smallest absolute Gasteiger partial charge is 0.413 e. The highest BCUT2D eigenvalue weighted by Gasteiger charge is 2.19. The molecule has 0 saturated heterocycles. The number of carbonyl (C=O) groups excluding carboxylic acids is 2. The lowest BCUT2D eigenvalue weighted by molar-refractivity contribution is 0.0520. The van der Waals surface area contributed by atoms with Crippen molar-refractivity contribution in [2.45, 2.75) is 78.6 Å². The third-order valence-corrected chi connectivity index (χ3v) is 7.55. The summed E-state index contributed by atoms with van der Waals surface area (Å²) in [6, 6.07) is 9.56. The highest BCUT2D eigenvalue weighted by Crippen LogP contribution is 2.24. The van der Waals surface area contributed by atoms with Crippen LogP contribution >= 0.6 is 0 Å². The van der Waals surface area contributed by atoms with Gasteiger partial charge in [-0.25, -0.2) is 19.6 Å². The number of carbonyl (C=O) groups is 2. The fraction of sp³-hybridized carbons (Fsp3) is 0.514. The molecular formula is C35H49N7O6. The lowest BCUT2D eigenvalue weighted by Gasteiger charge is -2.24. The van der Waals surface area contributed by atoms with Gasteiger partial charge in [0.15, 0.2) is 0 Å². The van der Waals surface area contributed by atoms with Gasteiger partial charge in [-0.05, 0) is 80.0 Å². The molecule has 1 aromatic carbocycles. The number of para-hydroxylation sites is 1. The van der Waals surface area contributed by atoms with Gasteiger partial charge in [-0.3, -0.25) is 14.7 Å². The number of amides is 2. The van der Waals surface area contributed by atoms with Crippen LogP contribution in [0.3, 0.4) is 0 Å². The predicted octanol–water partition coefficient (Wildman–Crippen LogP) is 5.49. The molecule has 0 aliphatic heterocycles. The summed E-state index contributed by atoms with van der Waals surface area (Å²) in [4.78, 5) is 49.2. The molecule has 0 atom stereocenters. The zero-order chi connectivity index (χ0) is 35.1. The number of aryl methyl sites for hydroxylation is 3. The molecule has 2 amide bonds. The van der Waals surface area contributed by atoms with Gasteiger partial charge in [-0.1, -0.05) is 18.2 Å². The number of benzene rings is 1. The normalized spacial score (nSPS) is 12.0. The number of nitrogens with zero attached hydrogens (tertiary/aromatic N) is 5. The molecule has 0 aliphatic rings. The number of rotatable bonds is 13. The molecule has 2 N–H and O–H groups in total. The Morgan fingerprint density at radius 3 is 2.33 bits per heavy atom. The minimum absolute atomic E-state index is 0.0685. The monoisotopic (exact) mass is 663 g/mol. The SMILES string of the molecule is COc1cc(NC(=O)OC(C)(C)C)ncc1CCCN(CCCn1cnc2c3ccccc3n(C)c2c1=O)CCNC(=O)OC(C)(C)C. The Hall–Kier alpha value is -4.65. The van der Waals surface area contributed by atoms with E-state index in [1.165, 1.54) is 0 Å². The van der Waals surface area contributed by atoms with E-state index in [1.807, 2.05) is 56.7 Å². The standard InChI is InChI=1S/C35H49N7O6/c1-34(2,3)47-32(44)36-16-20-41(17-11-13-24-22-37-28(21-27(24)46-8)39-33(45)48-35(4,5)6)18-12-19-42-23-38-29-25-14-9-10-15-26(25)40(7)30(29)31(42)43/h9-10,14-15,21-23H,11-13,16-20H2,1-8H3,(H,36,44)(H,37,39,45). The number of nitrogens with one attached hydrogen (secondary N) is 2. The fourth-order valence-corrected chi connectivity index (χ4v) is 5.47. The molecule has 0 unspecified atom stereocenters. The molecule has 0 aliphatic carbocycles. The number of hydrogen-bond acceptors (Lipinski definition) is 9. The van der Waals surface area contributed by atoms with E-state index in [4.69, 9.17) is 14.2 Å². The van der Waals surface area contributed by atoms with E-state index in [1.54, 1.807) is 51.0 Å². The van der Waals surface area contributed by atoms with Crippen LogP contribution in [0, 0.1) is 0 Å². The number of aromatic nitrogens is 4. The van der Waals surface area contributed by atoms with Gasteiger partial charge < -0.3 is 29.0 Å². The average Bonchev–Trinajstić information content (AvgIpc) is 3.29. The lowest BCUT2D eigenvalue weighted by Crippen LogP contribution is -2.39. The molecule has 48 heavy (non-hydrogen) atoms. The first-order valence-electron chi connectivity index (χ1n) is 16.3. The predicted molar refractivity (Wildman–Crippen MR) is 187 cm³/mol. The molecule has 260 valence electrons. The average molecular weight is 664 g/mol. The maximum absolute atomic E-state index is 13.5. The lowest BCUT2D eigenvalue weighted by atomic mass is 10.1. The molecule has 3 heterocycles. The second-order valence-corrected chi connectivity index (χ2v) is 13.8. The highest BCUT2D eigenvalue weighted by molar-refractivity contribution is 6.05. The van der Waals surface area contributed by atoms with Crippen LogP contribution in [0.1, 0.15) is 59.9 Å². The van der Waals surface area contributed by atoms with Gasteiger partial charge in [0.1, 0.15) is 33.8 Å². The van der Waals surface area contributed by atoms with Crippen LogP contribution in [0.25, 0.3) is 21.9 Å². The zero-order valence-corrected chi connectivity index (χ0v) is 29.4. The first-order valence-corrected chi connectivity index (χ1v) is 16.3. The minimum Gasteiger partial charge on any atom is -0.496 e. The molecule has 0 spiro atoms. The van der Waals surface area contributed by atoms with Crippen molar-refractivity contribution in [3.63, 3.8) is 0 Å². The third-order valence-electron chi connectivity index (χ3n) is 7.55. The molecule has 4 rings (SSSR count). The van der Waals surface area contributed by atoms with Crippen molar-refractivity contribution in [2.75, 3.05) is 38.6 Å². The van der Waals surface area contributed by atoms with Crippen molar-refractivity contribution >= 4 is 39.9 Å². The summed E-state index contributed by atoms with van der Waals surface area (Å²) in [6.45, 7) is 13.8. The Morgan fingerprint density at radius 2 is 1.62 bits per heavy atom. The summed E-state index contributed by atoms with van der Waals surface area (Å²) < 4.78 is 19.9. The van der Waals surface area contributed by atoms with E-state index in [2.05, 4.69) is 25.5 Å². The van der Waals surface area contributed by atoms with Gasteiger partial charge in [-0.15, -0.1) is 0 Å². The van der Waals surface area contributed by atoms with Crippen molar-refractivity contribution < 1.29 is 23.8 Å². The number of pyridine rings is 1. The molecule has 13 heteroatoms. The maximum atomic E-state index is 13.5. The second-order valence-electron chi connectivity index (χ2n) is 13.8. The first kappa shape index (κ1) is 36.2. The largest absolute Gasteiger partial charge is 0.496 e. The van der Waals surface area contributed by atoms with E-state index in [9.17, 15) is 14.4 Å². The highest BCUT2D eigenvalue weighted by atomic mass is 16.6. The van der Waals surface area contributed by atoms with Crippen LogP contribution in [0.15, 0.2) is 47.7 Å². The summed E-state index contributed by atoms with van der Waals surface area (Å²) in [5.74, 6) is 0.954.